The average Bonchev–Trinajstić information content (AvgIpc) is 1.89. The first kappa shape index (κ1) is 10.3. The van der Waals surface area contributed by atoms with Crippen LogP contribution in [0, 0.1) is 0 Å². The molecule has 0 saturated carbocycles. The molecule has 0 aromatic carbocycles. The van der Waals surface area contributed by atoms with Crippen LogP contribution in [0.15, 0.2) is 0 Å². The molecule has 0 rings (SSSR count). The highest BCUT2D eigenvalue weighted by Crippen LogP contribution is 2.34. The third kappa shape index (κ3) is 4.16. The highest BCUT2D eigenvalue weighted by Gasteiger charge is 2.12. The van der Waals surface area contributed by atoms with E-state index in [4.69, 9.17) is 4.89 Å². The molecule has 0 fully saturated rings. The van der Waals surface area contributed by atoms with E-state index in [9.17, 15) is 9.13 Å². The molecule has 0 radical (unpaired) electrons. The van der Waals surface area contributed by atoms with Gasteiger partial charge < -0.3 is 4.89 Å². The maximum Gasteiger partial charge on any atom is 0.203 e. The van der Waals surface area contributed by atoms with Gasteiger partial charge in [0, 0.05) is 0 Å². The first-order chi connectivity index (χ1) is 4.72. The van der Waals surface area contributed by atoms with Crippen molar-refractivity contribution >= 4 is 16.5 Å². The van der Waals surface area contributed by atoms with Gasteiger partial charge in [-0.25, -0.2) is 0 Å². The zero-order chi connectivity index (χ0) is 7.98. The van der Waals surface area contributed by atoms with E-state index in [-0.39, 0.29) is 8.46 Å². The van der Waals surface area contributed by atoms with Crippen molar-refractivity contribution < 1.29 is 14.0 Å². The van der Waals surface area contributed by atoms with Crippen LogP contribution >= 0.6 is 16.5 Å². The molecular weight excluding hydrogens is 170 g/mol. The van der Waals surface area contributed by atoms with Crippen LogP contribution in [0.1, 0.15) is 26.2 Å². The fraction of sp³-hybridized carbons (Fsp3) is 1.00. The van der Waals surface area contributed by atoms with Crippen LogP contribution in [0.5, 0.6) is 0 Å². The SMILES string of the molecule is CCCCC(P=O)[PH](=O)O. The minimum absolute atomic E-state index is 0.189. The molecule has 2 unspecified atom stereocenters. The predicted octanol–water partition coefficient (Wildman–Crippen LogP) is 2.26. The van der Waals surface area contributed by atoms with E-state index in [0.717, 1.165) is 12.8 Å². The molecule has 60 valence electrons. The lowest BCUT2D eigenvalue weighted by Gasteiger charge is -2.01. The lowest BCUT2D eigenvalue weighted by Crippen LogP contribution is -1.90. The highest BCUT2D eigenvalue weighted by atomic mass is 31.2. The summed E-state index contributed by atoms with van der Waals surface area (Å²) in [6.45, 7) is 1.99. The number of hydrogen-bond donors (Lipinski definition) is 1. The van der Waals surface area contributed by atoms with Crippen molar-refractivity contribution in [2.24, 2.45) is 0 Å². The van der Waals surface area contributed by atoms with Crippen LogP contribution in [0.3, 0.4) is 0 Å². The Kier molecular flexibility index (Phi) is 6.20. The monoisotopic (exact) mass is 182 g/mol. The minimum Gasteiger partial charge on any atom is -0.346 e. The molecule has 5 heteroatoms. The maximum atomic E-state index is 10.4. The molecule has 0 heterocycles. The van der Waals surface area contributed by atoms with E-state index >= 15 is 0 Å². The minimum atomic E-state index is -2.57. The molecule has 0 bridgehead atoms. The van der Waals surface area contributed by atoms with E-state index in [0.29, 0.717) is 6.42 Å². The van der Waals surface area contributed by atoms with Crippen LogP contribution in [0.25, 0.3) is 0 Å². The first-order valence-corrected chi connectivity index (χ1v) is 5.59. The highest BCUT2D eigenvalue weighted by molar-refractivity contribution is 7.52. The van der Waals surface area contributed by atoms with Crippen molar-refractivity contribution in [3.63, 3.8) is 0 Å². The molecule has 0 aromatic heterocycles. The smallest absolute Gasteiger partial charge is 0.203 e. The summed E-state index contributed by atoms with van der Waals surface area (Å²) in [5.74, 6) is 0. The van der Waals surface area contributed by atoms with Gasteiger partial charge in [-0.05, 0) is 6.42 Å². The quantitative estimate of drug-likeness (QED) is 0.663. The third-order valence-corrected chi connectivity index (χ3v) is 3.59. The molecule has 1 N–H and O–H groups in total. The van der Waals surface area contributed by atoms with Crippen LogP contribution in [0.2, 0.25) is 0 Å². The average molecular weight is 182 g/mol. The Morgan fingerprint density at radius 3 is 2.60 bits per heavy atom. The van der Waals surface area contributed by atoms with E-state index in [1.54, 1.807) is 0 Å². The Bertz CT molecular complexity index is 126. The number of hydrogen-bond acceptors (Lipinski definition) is 2. The van der Waals surface area contributed by atoms with Gasteiger partial charge in [-0.1, -0.05) is 19.8 Å². The van der Waals surface area contributed by atoms with Crippen molar-refractivity contribution in [1.82, 2.24) is 0 Å². The topological polar surface area (TPSA) is 54.4 Å². The molecule has 0 aliphatic carbocycles. The molecule has 0 aliphatic heterocycles. The van der Waals surface area contributed by atoms with Crippen LogP contribution in [0.4, 0.5) is 0 Å². The van der Waals surface area contributed by atoms with Crippen LogP contribution in [-0.2, 0) is 9.13 Å². The lowest BCUT2D eigenvalue weighted by atomic mass is 10.3. The molecule has 0 aromatic rings. The van der Waals surface area contributed by atoms with Crippen molar-refractivity contribution in [2.75, 3.05) is 0 Å². The zero-order valence-electron chi connectivity index (χ0n) is 5.91. The summed E-state index contributed by atoms with van der Waals surface area (Å²) in [6, 6.07) is 0. The van der Waals surface area contributed by atoms with Crippen molar-refractivity contribution in [2.45, 2.75) is 31.6 Å². The van der Waals surface area contributed by atoms with Gasteiger partial charge in [0.2, 0.25) is 8.03 Å². The van der Waals surface area contributed by atoms with Gasteiger partial charge in [0.15, 0.2) is 8.46 Å². The van der Waals surface area contributed by atoms with E-state index < -0.39 is 13.4 Å². The second-order valence-electron chi connectivity index (χ2n) is 2.10. The summed E-state index contributed by atoms with van der Waals surface area (Å²) < 4.78 is 20.6. The van der Waals surface area contributed by atoms with Crippen LogP contribution < -0.4 is 0 Å². The second kappa shape index (κ2) is 6.03. The van der Waals surface area contributed by atoms with Gasteiger partial charge in [0.25, 0.3) is 0 Å². The van der Waals surface area contributed by atoms with Gasteiger partial charge in [0.05, 0.1) is 0 Å². The fourth-order valence-electron chi connectivity index (χ4n) is 0.619. The fourth-order valence-corrected chi connectivity index (χ4v) is 1.72. The first-order valence-electron chi connectivity index (χ1n) is 3.27. The van der Waals surface area contributed by atoms with Crippen molar-refractivity contribution in [1.29, 1.82) is 0 Å². The second-order valence-corrected chi connectivity index (χ2v) is 4.80. The standard InChI is InChI=1S/C5H12O3P2/c1-2-3-4-5(9-6)10(7)8/h5,10H,2-4H2,1H3,(H,7,8). The van der Waals surface area contributed by atoms with E-state index in [2.05, 4.69) is 0 Å². The largest absolute Gasteiger partial charge is 0.346 e. The summed E-state index contributed by atoms with van der Waals surface area (Å²) in [6.07, 6.45) is 2.44. The molecule has 0 aliphatic rings. The van der Waals surface area contributed by atoms with E-state index in [1.165, 1.54) is 0 Å². The van der Waals surface area contributed by atoms with Gasteiger partial charge >= 0.3 is 0 Å². The summed E-state index contributed by atoms with van der Waals surface area (Å²) in [5.41, 5.74) is 0. The Hall–Kier alpha value is 0.290. The molecule has 10 heavy (non-hydrogen) atoms. The Labute approximate surface area is 62.9 Å². The Balaban J connectivity index is 3.60. The zero-order valence-corrected chi connectivity index (χ0v) is 7.80. The molecule has 0 spiro atoms. The van der Waals surface area contributed by atoms with Gasteiger partial charge in [-0.3, -0.25) is 9.13 Å². The summed E-state index contributed by atoms with van der Waals surface area (Å²) in [5, 5.41) is -0.509. The molecule has 0 amide bonds. The van der Waals surface area contributed by atoms with Gasteiger partial charge in [-0.15, -0.1) is 0 Å². The predicted molar refractivity (Wildman–Crippen MR) is 42.1 cm³/mol. The summed E-state index contributed by atoms with van der Waals surface area (Å²) in [7, 11) is -2.76. The van der Waals surface area contributed by atoms with E-state index in [1.807, 2.05) is 6.92 Å². The normalized spacial score (nSPS) is 17.0. The molecule has 3 nitrogen and oxygen atoms in total. The molecule has 0 saturated heterocycles. The molecule has 2 atom stereocenters. The Morgan fingerprint density at radius 1 is 1.70 bits per heavy atom. The maximum absolute atomic E-state index is 10.4. The summed E-state index contributed by atoms with van der Waals surface area (Å²) >= 11 is 0. The third-order valence-electron chi connectivity index (χ3n) is 1.24. The number of rotatable bonds is 5. The lowest BCUT2D eigenvalue weighted by molar-refractivity contribution is 0.494. The Morgan fingerprint density at radius 2 is 2.30 bits per heavy atom. The van der Waals surface area contributed by atoms with Crippen molar-refractivity contribution in [3.05, 3.63) is 0 Å². The van der Waals surface area contributed by atoms with Crippen LogP contribution in [-0.4, -0.2) is 10.3 Å². The molecular formula is C5H12O3P2. The van der Waals surface area contributed by atoms with Gasteiger partial charge in [0.1, 0.15) is 5.40 Å². The summed E-state index contributed by atoms with van der Waals surface area (Å²) in [4.78, 5) is 8.58. The number of unbranched alkanes of at least 4 members (excludes halogenated alkanes) is 1. The van der Waals surface area contributed by atoms with Crippen molar-refractivity contribution in [3.8, 4) is 0 Å². The van der Waals surface area contributed by atoms with Gasteiger partial charge in [-0.2, -0.15) is 0 Å².